The molecule has 1 N–H and O–H groups in total. The highest BCUT2D eigenvalue weighted by Gasteiger charge is 2.19. The first-order valence-electron chi connectivity index (χ1n) is 4.77. The molecule has 1 aromatic carbocycles. The second-order valence-corrected chi connectivity index (χ2v) is 5.76. The van der Waals surface area contributed by atoms with E-state index in [-0.39, 0.29) is 5.75 Å². The predicted octanol–water partition coefficient (Wildman–Crippen LogP) is 2.37. The van der Waals surface area contributed by atoms with Gasteiger partial charge in [-0.2, -0.15) is 0 Å². The van der Waals surface area contributed by atoms with Crippen LogP contribution in [-0.2, 0) is 21.3 Å². The number of carboxylic acids is 1. The third-order valence-corrected chi connectivity index (χ3v) is 4.19. The summed E-state index contributed by atoms with van der Waals surface area (Å²) in [6.45, 7) is 3.34. The highest BCUT2D eigenvalue weighted by molar-refractivity contribution is 7.85. The number of benzene rings is 1. The molecule has 0 bridgehead atoms. The molecule has 0 heterocycles. The maximum absolute atomic E-state index is 11.7. The summed E-state index contributed by atoms with van der Waals surface area (Å²) in [7, 11) is -1.45. The summed E-state index contributed by atoms with van der Waals surface area (Å²) in [5, 5.41) is 8.37. The summed E-state index contributed by atoms with van der Waals surface area (Å²) in [5.41, 5.74) is 1.74. The molecule has 2 atom stereocenters. The Hall–Kier alpha value is -0.870. The lowest BCUT2D eigenvalue weighted by Crippen LogP contribution is -2.22. The number of carbonyl (C=O) groups is 1. The Morgan fingerprint density at radius 2 is 2.19 bits per heavy atom. The van der Waals surface area contributed by atoms with Gasteiger partial charge >= 0.3 is 5.97 Å². The van der Waals surface area contributed by atoms with E-state index in [0.29, 0.717) is 5.02 Å². The largest absolute Gasteiger partial charge is 0.480 e. The highest BCUT2D eigenvalue weighted by atomic mass is 35.5. The van der Waals surface area contributed by atoms with Crippen molar-refractivity contribution in [3.8, 4) is 0 Å². The van der Waals surface area contributed by atoms with Crippen LogP contribution in [0.4, 0.5) is 0 Å². The zero-order valence-electron chi connectivity index (χ0n) is 9.07. The Bertz CT molecular complexity index is 431. The summed E-state index contributed by atoms with van der Waals surface area (Å²) in [6, 6.07) is 5.42. The van der Waals surface area contributed by atoms with Crippen LogP contribution in [0.2, 0.25) is 5.02 Å². The molecule has 2 unspecified atom stereocenters. The van der Waals surface area contributed by atoms with Gasteiger partial charge in [0.2, 0.25) is 0 Å². The summed E-state index contributed by atoms with van der Waals surface area (Å²) in [5.74, 6) is -0.881. The van der Waals surface area contributed by atoms with Gasteiger partial charge in [-0.05, 0) is 31.0 Å². The lowest BCUT2D eigenvalue weighted by atomic mass is 10.2. The van der Waals surface area contributed by atoms with Crippen molar-refractivity contribution in [2.24, 2.45) is 0 Å². The molecule has 16 heavy (non-hydrogen) atoms. The van der Waals surface area contributed by atoms with Gasteiger partial charge in [-0.3, -0.25) is 9.00 Å². The second-order valence-electron chi connectivity index (χ2n) is 3.60. The van der Waals surface area contributed by atoms with E-state index in [0.717, 1.165) is 11.1 Å². The topological polar surface area (TPSA) is 54.4 Å². The first kappa shape index (κ1) is 13.2. The van der Waals surface area contributed by atoms with Crippen LogP contribution >= 0.6 is 11.6 Å². The van der Waals surface area contributed by atoms with Crippen molar-refractivity contribution in [1.29, 1.82) is 0 Å². The minimum atomic E-state index is -1.45. The Labute approximate surface area is 102 Å². The van der Waals surface area contributed by atoms with Crippen molar-refractivity contribution < 1.29 is 14.1 Å². The average molecular weight is 261 g/mol. The average Bonchev–Trinajstić information content (AvgIpc) is 2.20. The molecule has 0 radical (unpaired) electrons. The van der Waals surface area contributed by atoms with Crippen LogP contribution in [0.15, 0.2) is 18.2 Å². The van der Waals surface area contributed by atoms with Crippen LogP contribution in [-0.4, -0.2) is 20.5 Å². The van der Waals surface area contributed by atoms with E-state index in [4.69, 9.17) is 16.7 Å². The molecule has 0 aromatic heterocycles. The van der Waals surface area contributed by atoms with E-state index in [1.807, 2.05) is 13.0 Å². The van der Waals surface area contributed by atoms with Gasteiger partial charge in [-0.1, -0.05) is 23.7 Å². The molecular weight excluding hydrogens is 248 g/mol. The Morgan fingerprint density at radius 1 is 1.56 bits per heavy atom. The summed E-state index contributed by atoms with van der Waals surface area (Å²) in [4.78, 5) is 10.6. The molecule has 3 nitrogen and oxygen atoms in total. The molecular formula is C11H13ClO3S. The van der Waals surface area contributed by atoms with Crippen molar-refractivity contribution >= 4 is 28.4 Å². The van der Waals surface area contributed by atoms with E-state index < -0.39 is 22.0 Å². The Balaban J connectivity index is 2.81. The number of halogens is 1. The molecule has 88 valence electrons. The summed E-state index contributed by atoms with van der Waals surface area (Å²) in [6.07, 6.45) is 0. The molecule has 0 amide bonds. The van der Waals surface area contributed by atoms with Gasteiger partial charge in [-0.25, -0.2) is 0 Å². The van der Waals surface area contributed by atoms with Crippen LogP contribution in [0.25, 0.3) is 0 Å². The molecule has 0 aliphatic carbocycles. The first-order chi connectivity index (χ1) is 7.41. The van der Waals surface area contributed by atoms with Crippen molar-refractivity contribution in [3.05, 3.63) is 34.3 Å². The van der Waals surface area contributed by atoms with Gasteiger partial charge in [0.15, 0.2) is 0 Å². The molecule has 0 spiro atoms. The third-order valence-electron chi connectivity index (χ3n) is 2.25. The second kappa shape index (κ2) is 5.46. The molecule has 0 saturated carbocycles. The predicted molar refractivity (Wildman–Crippen MR) is 65.1 cm³/mol. The van der Waals surface area contributed by atoms with Gasteiger partial charge < -0.3 is 5.11 Å². The van der Waals surface area contributed by atoms with E-state index >= 15 is 0 Å². The number of hydrogen-bond donors (Lipinski definition) is 1. The molecule has 1 rings (SSSR count). The van der Waals surface area contributed by atoms with Crippen LogP contribution in [0.3, 0.4) is 0 Å². The van der Waals surface area contributed by atoms with Crippen molar-refractivity contribution in [1.82, 2.24) is 0 Å². The van der Waals surface area contributed by atoms with Crippen LogP contribution < -0.4 is 0 Å². The molecule has 5 heteroatoms. The quantitative estimate of drug-likeness (QED) is 0.904. The monoisotopic (exact) mass is 260 g/mol. The van der Waals surface area contributed by atoms with Gasteiger partial charge in [0, 0.05) is 15.8 Å². The lowest BCUT2D eigenvalue weighted by molar-refractivity contribution is -0.136. The van der Waals surface area contributed by atoms with Crippen LogP contribution in [0.5, 0.6) is 0 Å². The maximum atomic E-state index is 11.7. The normalized spacial score (nSPS) is 14.4. The fraction of sp³-hybridized carbons (Fsp3) is 0.364. The summed E-state index contributed by atoms with van der Waals surface area (Å²) < 4.78 is 11.7. The van der Waals surface area contributed by atoms with E-state index in [1.54, 1.807) is 12.1 Å². The minimum absolute atomic E-state index is 0.173. The lowest BCUT2D eigenvalue weighted by Gasteiger charge is -2.08. The van der Waals surface area contributed by atoms with Gasteiger partial charge in [0.1, 0.15) is 5.25 Å². The van der Waals surface area contributed by atoms with E-state index in [2.05, 4.69) is 0 Å². The SMILES string of the molecule is Cc1ccc(CS(=O)C(C)C(=O)O)c(Cl)c1. The van der Waals surface area contributed by atoms with Gasteiger partial charge in [0.25, 0.3) is 0 Å². The zero-order valence-corrected chi connectivity index (χ0v) is 10.6. The fourth-order valence-corrected chi connectivity index (χ4v) is 2.57. The Kier molecular flexibility index (Phi) is 4.50. The molecule has 0 saturated heterocycles. The minimum Gasteiger partial charge on any atom is -0.480 e. The van der Waals surface area contributed by atoms with Crippen molar-refractivity contribution in [3.63, 3.8) is 0 Å². The fourth-order valence-electron chi connectivity index (χ4n) is 1.16. The van der Waals surface area contributed by atoms with Crippen molar-refractivity contribution in [2.75, 3.05) is 0 Å². The molecule has 0 aliphatic heterocycles. The third kappa shape index (κ3) is 3.32. The van der Waals surface area contributed by atoms with Gasteiger partial charge in [-0.15, -0.1) is 0 Å². The number of hydrogen-bond acceptors (Lipinski definition) is 2. The molecule has 0 fully saturated rings. The smallest absolute Gasteiger partial charge is 0.318 e. The maximum Gasteiger partial charge on any atom is 0.318 e. The standard InChI is InChI=1S/C11H13ClO3S/c1-7-3-4-9(10(12)5-7)6-16(15)8(2)11(13)14/h3-5,8H,6H2,1-2H3,(H,13,14). The molecule has 1 aromatic rings. The van der Waals surface area contributed by atoms with E-state index in [1.165, 1.54) is 6.92 Å². The number of aliphatic carboxylic acids is 1. The summed E-state index contributed by atoms with van der Waals surface area (Å²) >= 11 is 5.98. The zero-order chi connectivity index (χ0) is 12.3. The number of rotatable bonds is 4. The van der Waals surface area contributed by atoms with Crippen LogP contribution in [0, 0.1) is 6.92 Å². The van der Waals surface area contributed by atoms with Crippen molar-refractivity contribution in [2.45, 2.75) is 24.9 Å². The number of aryl methyl sites for hydroxylation is 1. The number of carboxylic acid groups (broad SMARTS) is 1. The highest BCUT2D eigenvalue weighted by Crippen LogP contribution is 2.20. The van der Waals surface area contributed by atoms with E-state index in [9.17, 15) is 9.00 Å². The Morgan fingerprint density at radius 3 is 2.69 bits per heavy atom. The molecule has 0 aliphatic rings. The first-order valence-corrected chi connectivity index (χ1v) is 6.53. The van der Waals surface area contributed by atoms with Crippen LogP contribution in [0.1, 0.15) is 18.1 Å². The van der Waals surface area contributed by atoms with Gasteiger partial charge in [0.05, 0.1) is 5.75 Å².